The maximum absolute atomic E-state index is 4.52. The van der Waals surface area contributed by atoms with Crippen molar-refractivity contribution in [2.24, 2.45) is 7.05 Å². The fourth-order valence-corrected chi connectivity index (χ4v) is 2.74. The van der Waals surface area contributed by atoms with Crippen molar-refractivity contribution in [3.8, 4) is 0 Å². The molecule has 0 aliphatic heterocycles. The third-order valence-electron chi connectivity index (χ3n) is 3.42. The van der Waals surface area contributed by atoms with E-state index in [1.165, 1.54) is 5.56 Å². The van der Waals surface area contributed by atoms with Gasteiger partial charge in [-0.2, -0.15) is 5.10 Å². The number of nitrogens with zero attached hydrogens (tertiary/aromatic N) is 2. The van der Waals surface area contributed by atoms with Crippen LogP contribution in [0.25, 0.3) is 0 Å². The van der Waals surface area contributed by atoms with Crippen LogP contribution in [0.1, 0.15) is 37.9 Å². The van der Waals surface area contributed by atoms with Crippen LogP contribution in [0.2, 0.25) is 0 Å². The van der Waals surface area contributed by atoms with Gasteiger partial charge < -0.3 is 5.32 Å². The lowest BCUT2D eigenvalue weighted by atomic mass is 9.93. The van der Waals surface area contributed by atoms with E-state index in [2.05, 4.69) is 77.4 Å². The van der Waals surface area contributed by atoms with Crippen molar-refractivity contribution in [2.75, 3.05) is 6.54 Å². The molecular weight excluding hydrogens is 326 g/mol. The zero-order chi connectivity index (χ0) is 15.5. The summed E-state index contributed by atoms with van der Waals surface area (Å²) in [7, 11) is 1.96. The van der Waals surface area contributed by atoms with Crippen LogP contribution < -0.4 is 5.32 Å². The zero-order valence-electron chi connectivity index (χ0n) is 13.2. The minimum atomic E-state index is 0.119. The molecule has 0 bridgehead atoms. The highest BCUT2D eigenvalue weighted by Gasteiger charge is 2.17. The molecule has 2 rings (SSSR count). The summed E-state index contributed by atoms with van der Waals surface area (Å²) >= 11 is 3.57. The predicted molar refractivity (Wildman–Crippen MR) is 91.6 cm³/mol. The summed E-state index contributed by atoms with van der Waals surface area (Å²) in [6.07, 6.45) is 2.95. The molecule has 0 fully saturated rings. The largest absolute Gasteiger partial charge is 0.311 e. The molecular formula is C17H24BrN3. The quantitative estimate of drug-likeness (QED) is 0.886. The molecule has 21 heavy (non-hydrogen) atoms. The normalized spacial score (nSPS) is 13.4. The molecule has 0 spiro atoms. The van der Waals surface area contributed by atoms with Crippen LogP contribution in [-0.2, 0) is 13.5 Å². The Morgan fingerprint density at radius 3 is 2.62 bits per heavy atom. The SMILES string of the molecule is Cn1ccc(CC(CNC(C)(C)C)c2cccc(Br)c2)n1. The second-order valence-electron chi connectivity index (χ2n) is 6.57. The molecule has 4 heteroatoms. The molecule has 1 unspecified atom stereocenters. The van der Waals surface area contributed by atoms with Crippen LogP contribution in [0.15, 0.2) is 41.0 Å². The molecule has 0 saturated carbocycles. The first kappa shape index (κ1) is 16.2. The van der Waals surface area contributed by atoms with Crippen LogP contribution in [0.5, 0.6) is 0 Å². The van der Waals surface area contributed by atoms with Gasteiger partial charge in [0.25, 0.3) is 0 Å². The Bertz CT molecular complexity index is 584. The Morgan fingerprint density at radius 1 is 1.29 bits per heavy atom. The van der Waals surface area contributed by atoms with Crippen molar-refractivity contribution < 1.29 is 0 Å². The fourth-order valence-electron chi connectivity index (χ4n) is 2.32. The Morgan fingerprint density at radius 2 is 2.05 bits per heavy atom. The van der Waals surface area contributed by atoms with Crippen molar-refractivity contribution in [3.05, 3.63) is 52.3 Å². The van der Waals surface area contributed by atoms with Crippen LogP contribution in [0.3, 0.4) is 0 Å². The molecule has 0 radical (unpaired) electrons. The van der Waals surface area contributed by atoms with Gasteiger partial charge in [0.1, 0.15) is 0 Å². The number of nitrogens with one attached hydrogen (secondary N) is 1. The summed E-state index contributed by atoms with van der Waals surface area (Å²) in [6.45, 7) is 7.54. The summed E-state index contributed by atoms with van der Waals surface area (Å²) in [5.41, 5.74) is 2.60. The van der Waals surface area contributed by atoms with Crippen LogP contribution in [-0.4, -0.2) is 21.9 Å². The van der Waals surface area contributed by atoms with E-state index in [9.17, 15) is 0 Å². The third kappa shape index (κ3) is 5.29. The van der Waals surface area contributed by atoms with Gasteiger partial charge in [0.15, 0.2) is 0 Å². The molecule has 0 saturated heterocycles. The van der Waals surface area contributed by atoms with E-state index in [1.54, 1.807) is 0 Å². The minimum absolute atomic E-state index is 0.119. The van der Waals surface area contributed by atoms with E-state index < -0.39 is 0 Å². The molecule has 1 N–H and O–H groups in total. The fraction of sp³-hybridized carbons (Fsp3) is 0.471. The molecule has 0 aliphatic carbocycles. The van der Waals surface area contributed by atoms with Gasteiger partial charge in [0.05, 0.1) is 5.69 Å². The molecule has 1 atom stereocenters. The summed E-state index contributed by atoms with van der Waals surface area (Å²) in [6, 6.07) is 10.7. The van der Waals surface area contributed by atoms with Gasteiger partial charge in [-0.25, -0.2) is 0 Å². The summed E-state index contributed by atoms with van der Waals surface area (Å²) in [5.74, 6) is 0.414. The molecule has 0 amide bonds. The third-order valence-corrected chi connectivity index (χ3v) is 3.92. The minimum Gasteiger partial charge on any atom is -0.311 e. The van der Waals surface area contributed by atoms with Gasteiger partial charge in [-0.05, 0) is 51.0 Å². The monoisotopic (exact) mass is 349 g/mol. The van der Waals surface area contributed by atoms with E-state index in [1.807, 2.05) is 17.9 Å². The molecule has 114 valence electrons. The molecule has 3 nitrogen and oxygen atoms in total. The van der Waals surface area contributed by atoms with Crippen LogP contribution in [0.4, 0.5) is 0 Å². The Labute approximate surface area is 135 Å². The van der Waals surface area contributed by atoms with E-state index in [0.29, 0.717) is 5.92 Å². The van der Waals surface area contributed by atoms with Crippen LogP contribution >= 0.6 is 15.9 Å². The maximum Gasteiger partial charge on any atom is 0.0631 e. The number of benzene rings is 1. The number of halogens is 1. The topological polar surface area (TPSA) is 29.9 Å². The number of aromatic nitrogens is 2. The van der Waals surface area contributed by atoms with Crippen LogP contribution in [0, 0.1) is 0 Å². The van der Waals surface area contributed by atoms with Gasteiger partial charge >= 0.3 is 0 Å². The standard InChI is InChI=1S/C17H24BrN3/c1-17(2,3)19-12-14(11-16-8-9-21(4)20-16)13-6-5-7-15(18)10-13/h5-10,14,19H,11-12H2,1-4H3. The smallest absolute Gasteiger partial charge is 0.0631 e. The number of aryl methyl sites for hydroxylation is 1. The zero-order valence-corrected chi connectivity index (χ0v) is 14.8. The lowest BCUT2D eigenvalue weighted by Gasteiger charge is -2.25. The van der Waals surface area contributed by atoms with E-state index in [-0.39, 0.29) is 5.54 Å². The van der Waals surface area contributed by atoms with Gasteiger partial charge in [-0.15, -0.1) is 0 Å². The molecule has 1 aromatic carbocycles. The van der Waals surface area contributed by atoms with Crippen molar-refractivity contribution in [2.45, 2.75) is 38.6 Å². The van der Waals surface area contributed by atoms with Crippen molar-refractivity contribution >= 4 is 15.9 Å². The molecule has 1 aromatic heterocycles. The van der Waals surface area contributed by atoms with Crippen molar-refractivity contribution in [3.63, 3.8) is 0 Å². The van der Waals surface area contributed by atoms with Crippen molar-refractivity contribution in [1.29, 1.82) is 0 Å². The highest BCUT2D eigenvalue weighted by molar-refractivity contribution is 9.10. The van der Waals surface area contributed by atoms with E-state index in [0.717, 1.165) is 23.1 Å². The second kappa shape index (κ2) is 6.75. The number of rotatable bonds is 5. The maximum atomic E-state index is 4.52. The average Bonchev–Trinajstić information content (AvgIpc) is 2.79. The van der Waals surface area contributed by atoms with Gasteiger partial charge in [0, 0.05) is 35.7 Å². The summed E-state index contributed by atoms with van der Waals surface area (Å²) < 4.78 is 2.99. The number of hydrogen-bond acceptors (Lipinski definition) is 2. The first-order valence-electron chi connectivity index (χ1n) is 7.32. The highest BCUT2D eigenvalue weighted by Crippen LogP contribution is 2.23. The lowest BCUT2D eigenvalue weighted by molar-refractivity contribution is 0.404. The summed E-state index contributed by atoms with van der Waals surface area (Å²) in [5, 5.41) is 8.14. The Balaban J connectivity index is 2.17. The van der Waals surface area contributed by atoms with E-state index >= 15 is 0 Å². The predicted octanol–water partition coefficient (Wildman–Crippen LogP) is 3.90. The second-order valence-corrected chi connectivity index (χ2v) is 7.48. The molecule has 1 heterocycles. The summed E-state index contributed by atoms with van der Waals surface area (Å²) in [4.78, 5) is 0. The van der Waals surface area contributed by atoms with Gasteiger partial charge in [0.2, 0.25) is 0 Å². The van der Waals surface area contributed by atoms with Gasteiger partial charge in [-0.3, -0.25) is 4.68 Å². The number of hydrogen-bond donors (Lipinski definition) is 1. The van der Waals surface area contributed by atoms with Crippen molar-refractivity contribution in [1.82, 2.24) is 15.1 Å². The Hall–Kier alpha value is -1.13. The molecule has 2 aromatic rings. The first-order chi connectivity index (χ1) is 9.83. The Kier molecular flexibility index (Phi) is 5.22. The lowest BCUT2D eigenvalue weighted by Crippen LogP contribution is -2.39. The van der Waals surface area contributed by atoms with Gasteiger partial charge in [-0.1, -0.05) is 28.1 Å². The average molecular weight is 350 g/mol. The first-order valence-corrected chi connectivity index (χ1v) is 8.12. The molecule has 0 aliphatic rings. The highest BCUT2D eigenvalue weighted by atomic mass is 79.9. The van der Waals surface area contributed by atoms with E-state index in [4.69, 9.17) is 0 Å².